The lowest BCUT2D eigenvalue weighted by atomic mass is 10.1. The largest absolute Gasteiger partial charge is 0.495 e. The Morgan fingerprint density at radius 2 is 1.69 bits per heavy atom. The topological polar surface area (TPSA) is 92.8 Å². The van der Waals surface area contributed by atoms with Gasteiger partial charge < -0.3 is 10.1 Å². The summed E-state index contributed by atoms with van der Waals surface area (Å²) in [7, 11) is -2.74. The number of benzene rings is 3. The molecule has 0 spiro atoms. The zero-order valence-electron chi connectivity index (χ0n) is 18.0. The summed E-state index contributed by atoms with van der Waals surface area (Å²) in [6, 6.07) is 19.7. The minimum Gasteiger partial charge on any atom is -0.495 e. The number of Topliss-reactive ketones (excluding diaryl/α,β-unsaturated/α-hetero) is 1. The SMILES string of the molecule is COc1ccc(C)cc1S(=O)(=O)N(CC(=O)Nc1cccc(C(C)=O)c1)c1ccccc1. The molecule has 0 unspecified atom stereocenters. The molecule has 0 atom stereocenters. The molecule has 0 fully saturated rings. The molecule has 3 aromatic carbocycles. The maximum absolute atomic E-state index is 13.6. The Bertz CT molecular complexity index is 1240. The van der Waals surface area contributed by atoms with Gasteiger partial charge in [0, 0.05) is 11.3 Å². The van der Waals surface area contributed by atoms with Crippen LogP contribution in [0.25, 0.3) is 0 Å². The third kappa shape index (κ3) is 5.15. The number of rotatable bonds is 8. The number of ketones is 1. The van der Waals surface area contributed by atoms with Crippen molar-refractivity contribution < 1.29 is 22.7 Å². The van der Waals surface area contributed by atoms with E-state index in [9.17, 15) is 18.0 Å². The van der Waals surface area contributed by atoms with E-state index in [2.05, 4.69) is 5.32 Å². The molecule has 0 radical (unpaired) electrons. The van der Waals surface area contributed by atoms with Gasteiger partial charge in [-0.05, 0) is 55.8 Å². The van der Waals surface area contributed by atoms with Crippen LogP contribution in [0.4, 0.5) is 11.4 Å². The molecule has 1 N–H and O–H groups in total. The number of hydrogen-bond acceptors (Lipinski definition) is 5. The number of nitrogens with one attached hydrogen (secondary N) is 1. The second-order valence-corrected chi connectivity index (χ2v) is 9.02. The number of aryl methyl sites for hydroxylation is 1. The number of nitrogens with zero attached hydrogens (tertiary/aromatic N) is 1. The summed E-state index contributed by atoms with van der Waals surface area (Å²) < 4.78 is 33.5. The van der Waals surface area contributed by atoms with Crippen molar-refractivity contribution in [3.8, 4) is 5.75 Å². The molecule has 1 amide bonds. The van der Waals surface area contributed by atoms with Gasteiger partial charge in [0.1, 0.15) is 17.2 Å². The van der Waals surface area contributed by atoms with E-state index in [1.807, 2.05) is 0 Å². The summed E-state index contributed by atoms with van der Waals surface area (Å²) in [6.45, 7) is 2.74. The number of amides is 1. The first-order valence-electron chi connectivity index (χ1n) is 9.85. The summed E-state index contributed by atoms with van der Waals surface area (Å²) in [4.78, 5) is 24.4. The number of carbonyl (C=O) groups excluding carboxylic acids is 2. The standard InChI is InChI=1S/C24H24N2O5S/c1-17-12-13-22(31-3)23(14-17)32(29,30)26(21-10-5-4-6-11-21)16-24(28)25-20-9-7-8-19(15-20)18(2)27/h4-15H,16H2,1-3H3,(H,25,28). The number of methoxy groups -OCH3 is 1. The van der Waals surface area contributed by atoms with Gasteiger partial charge in [-0.25, -0.2) is 8.42 Å². The molecule has 7 nitrogen and oxygen atoms in total. The molecule has 0 aliphatic heterocycles. The van der Waals surface area contributed by atoms with Crippen molar-refractivity contribution in [1.82, 2.24) is 0 Å². The molecule has 32 heavy (non-hydrogen) atoms. The smallest absolute Gasteiger partial charge is 0.268 e. The summed E-state index contributed by atoms with van der Waals surface area (Å²) in [5.41, 5.74) is 1.92. The summed E-state index contributed by atoms with van der Waals surface area (Å²) in [5, 5.41) is 2.67. The van der Waals surface area contributed by atoms with Crippen LogP contribution in [-0.4, -0.2) is 33.8 Å². The second kappa shape index (κ2) is 9.65. The Morgan fingerprint density at radius 1 is 0.969 bits per heavy atom. The average Bonchev–Trinajstić information content (AvgIpc) is 2.78. The maximum Gasteiger partial charge on any atom is 0.268 e. The van der Waals surface area contributed by atoms with E-state index in [1.165, 1.54) is 20.1 Å². The first kappa shape index (κ1) is 23.0. The van der Waals surface area contributed by atoms with Crippen molar-refractivity contribution in [1.29, 1.82) is 0 Å². The minimum absolute atomic E-state index is 0.0322. The third-order valence-electron chi connectivity index (χ3n) is 4.77. The minimum atomic E-state index is -4.13. The molecule has 0 bridgehead atoms. The molecule has 0 aromatic heterocycles. The van der Waals surface area contributed by atoms with E-state index in [1.54, 1.807) is 73.7 Å². The van der Waals surface area contributed by atoms with Gasteiger partial charge in [-0.3, -0.25) is 13.9 Å². The van der Waals surface area contributed by atoms with E-state index in [0.717, 1.165) is 9.87 Å². The normalized spacial score (nSPS) is 11.0. The number of sulfonamides is 1. The van der Waals surface area contributed by atoms with Crippen LogP contribution in [0.1, 0.15) is 22.8 Å². The quantitative estimate of drug-likeness (QED) is 0.521. The zero-order chi connectivity index (χ0) is 23.3. The van der Waals surface area contributed by atoms with Crippen LogP contribution in [0.5, 0.6) is 5.75 Å². The molecule has 0 aliphatic rings. The van der Waals surface area contributed by atoms with Gasteiger partial charge in [-0.1, -0.05) is 36.4 Å². The fraction of sp³-hybridized carbons (Fsp3) is 0.167. The number of anilines is 2. The maximum atomic E-state index is 13.6. The van der Waals surface area contributed by atoms with Crippen molar-refractivity contribution in [2.45, 2.75) is 18.7 Å². The molecule has 0 saturated carbocycles. The Labute approximate surface area is 187 Å². The van der Waals surface area contributed by atoms with E-state index in [-0.39, 0.29) is 16.4 Å². The van der Waals surface area contributed by atoms with Gasteiger partial charge in [0.15, 0.2) is 5.78 Å². The molecule has 0 heterocycles. The zero-order valence-corrected chi connectivity index (χ0v) is 18.8. The van der Waals surface area contributed by atoms with Gasteiger partial charge in [0.2, 0.25) is 5.91 Å². The number of para-hydroxylation sites is 1. The third-order valence-corrected chi connectivity index (χ3v) is 6.57. The lowest BCUT2D eigenvalue weighted by Crippen LogP contribution is -2.38. The van der Waals surface area contributed by atoms with Crippen molar-refractivity contribution in [3.05, 3.63) is 83.9 Å². The lowest BCUT2D eigenvalue weighted by Gasteiger charge is -2.25. The molecular formula is C24H24N2O5S. The molecule has 8 heteroatoms. The number of ether oxygens (including phenoxy) is 1. The van der Waals surface area contributed by atoms with Gasteiger partial charge in [-0.2, -0.15) is 0 Å². The van der Waals surface area contributed by atoms with Crippen LogP contribution >= 0.6 is 0 Å². The van der Waals surface area contributed by atoms with E-state index in [0.29, 0.717) is 16.9 Å². The van der Waals surface area contributed by atoms with Crippen molar-refractivity contribution >= 4 is 33.1 Å². The van der Waals surface area contributed by atoms with Crippen molar-refractivity contribution in [3.63, 3.8) is 0 Å². The van der Waals surface area contributed by atoms with Gasteiger partial charge >= 0.3 is 0 Å². The summed E-state index contributed by atoms with van der Waals surface area (Å²) in [6.07, 6.45) is 0. The number of hydrogen-bond donors (Lipinski definition) is 1. The highest BCUT2D eigenvalue weighted by atomic mass is 32.2. The molecule has 166 valence electrons. The highest BCUT2D eigenvalue weighted by molar-refractivity contribution is 7.93. The average molecular weight is 453 g/mol. The van der Waals surface area contributed by atoms with E-state index < -0.39 is 22.5 Å². The van der Waals surface area contributed by atoms with Crippen molar-refractivity contribution in [2.75, 3.05) is 23.3 Å². The first-order chi connectivity index (χ1) is 15.2. The van der Waals surface area contributed by atoms with Gasteiger partial charge in [0.05, 0.1) is 12.8 Å². The van der Waals surface area contributed by atoms with Gasteiger partial charge in [0.25, 0.3) is 10.0 Å². The van der Waals surface area contributed by atoms with Crippen LogP contribution < -0.4 is 14.4 Å². The molecular weight excluding hydrogens is 428 g/mol. The van der Waals surface area contributed by atoms with E-state index >= 15 is 0 Å². The Balaban J connectivity index is 1.97. The fourth-order valence-corrected chi connectivity index (χ4v) is 4.82. The highest BCUT2D eigenvalue weighted by Gasteiger charge is 2.30. The molecule has 0 aliphatic carbocycles. The highest BCUT2D eigenvalue weighted by Crippen LogP contribution is 2.30. The Morgan fingerprint density at radius 3 is 2.34 bits per heavy atom. The summed E-state index contributed by atoms with van der Waals surface area (Å²) >= 11 is 0. The van der Waals surface area contributed by atoms with Gasteiger partial charge in [-0.15, -0.1) is 0 Å². The second-order valence-electron chi connectivity index (χ2n) is 7.19. The van der Waals surface area contributed by atoms with Crippen LogP contribution in [-0.2, 0) is 14.8 Å². The molecule has 3 rings (SSSR count). The monoisotopic (exact) mass is 452 g/mol. The van der Waals surface area contributed by atoms with Crippen LogP contribution in [0.2, 0.25) is 0 Å². The molecule has 0 saturated heterocycles. The predicted molar refractivity (Wildman–Crippen MR) is 124 cm³/mol. The molecule has 3 aromatic rings. The van der Waals surface area contributed by atoms with Crippen LogP contribution in [0.3, 0.4) is 0 Å². The van der Waals surface area contributed by atoms with Crippen LogP contribution in [0, 0.1) is 6.92 Å². The predicted octanol–water partition coefficient (Wildman–Crippen LogP) is 4.04. The van der Waals surface area contributed by atoms with Crippen molar-refractivity contribution in [2.24, 2.45) is 0 Å². The fourth-order valence-electron chi connectivity index (χ4n) is 3.16. The Kier molecular flexibility index (Phi) is 6.95. The summed E-state index contributed by atoms with van der Waals surface area (Å²) in [5.74, 6) is -0.503. The lowest BCUT2D eigenvalue weighted by molar-refractivity contribution is -0.114. The Hall–Kier alpha value is -3.65. The van der Waals surface area contributed by atoms with E-state index in [4.69, 9.17) is 4.74 Å². The number of carbonyl (C=O) groups is 2. The van der Waals surface area contributed by atoms with Crippen LogP contribution in [0.15, 0.2) is 77.7 Å². The first-order valence-corrected chi connectivity index (χ1v) is 11.3.